The number of carbonyl (C=O) groups excluding carboxylic acids is 1. The molecule has 0 bridgehead atoms. The molecule has 7 nitrogen and oxygen atoms in total. The predicted octanol–water partition coefficient (Wildman–Crippen LogP) is 5.50. The zero-order chi connectivity index (χ0) is 20.3. The SMILES string of the molecule is O=C(C/C(=C/c1ccccc1[N+](=O)[O-])c1nc(=S)[nH][nH]1)c1ccc(Cl)c(Cl)c1. The summed E-state index contributed by atoms with van der Waals surface area (Å²) >= 11 is 16.9. The van der Waals surface area contributed by atoms with Crippen molar-refractivity contribution in [3.63, 3.8) is 0 Å². The van der Waals surface area contributed by atoms with Gasteiger partial charge in [0.1, 0.15) is 0 Å². The van der Waals surface area contributed by atoms with Gasteiger partial charge in [-0.15, -0.1) is 0 Å². The third-order valence-corrected chi connectivity index (χ3v) is 4.79. The number of carbonyl (C=O) groups is 1. The van der Waals surface area contributed by atoms with Gasteiger partial charge in [0.25, 0.3) is 5.69 Å². The number of nitrogens with zero attached hydrogens (tertiary/aromatic N) is 2. The van der Waals surface area contributed by atoms with E-state index in [4.69, 9.17) is 35.4 Å². The number of para-hydroxylation sites is 1. The Hall–Kier alpha value is -2.81. The second-order valence-electron chi connectivity index (χ2n) is 5.73. The number of hydrogen-bond acceptors (Lipinski definition) is 5. The highest BCUT2D eigenvalue weighted by molar-refractivity contribution is 7.71. The molecule has 0 radical (unpaired) electrons. The van der Waals surface area contributed by atoms with E-state index in [-0.39, 0.29) is 27.7 Å². The standard InChI is InChI=1S/C18H12Cl2N4O3S/c19-13-6-5-11(8-14(13)20)16(25)9-12(17-21-18(28)23-22-17)7-10-3-1-2-4-15(10)24(26)27/h1-8H,9H2,(H2,21,22,23,28)/b12-7-. The largest absolute Gasteiger partial charge is 0.294 e. The normalized spacial score (nSPS) is 11.4. The van der Waals surface area contributed by atoms with Gasteiger partial charge in [-0.25, -0.2) is 0 Å². The molecule has 0 unspecified atom stereocenters. The minimum absolute atomic E-state index is 0.0832. The van der Waals surface area contributed by atoms with Crippen molar-refractivity contribution in [1.29, 1.82) is 0 Å². The number of aromatic amines is 2. The molecule has 1 aromatic heterocycles. The number of benzene rings is 2. The second kappa shape index (κ2) is 8.47. The van der Waals surface area contributed by atoms with Crippen LogP contribution >= 0.6 is 35.4 Å². The van der Waals surface area contributed by atoms with Crippen molar-refractivity contribution in [3.8, 4) is 0 Å². The first-order valence-corrected chi connectivity index (χ1v) is 9.09. The van der Waals surface area contributed by atoms with E-state index in [9.17, 15) is 14.9 Å². The van der Waals surface area contributed by atoms with Crippen LogP contribution < -0.4 is 0 Å². The van der Waals surface area contributed by atoms with Crippen LogP contribution in [0.2, 0.25) is 10.0 Å². The lowest BCUT2D eigenvalue weighted by Gasteiger charge is -2.06. The van der Waals surface area contributed by atoms with Gasteiger partial charge >= 0.3 is 0 Å². The number of nitrogens with one attached hydrogen (secondary N) is 2. The van der Waals surface area contributed by atoms with Crippen molar-refractivity contribution in [2.45, 2.75) is 6.42 Å². The number of rotatable bonds is 6. The first-order chi connectivity index (χ1) is 13.3. The number of H-pyrrole nitrogens is 2. The van der Waals surface area contributed by atoms with E-state index < -0.39 is 4.92 Å². The Bertz CT molecular complexity index is 1150. The highest BCUT2D eigenvalue weighted by Crippen LogP contribution is 2.28. The van der Waals surface area contributed by atoms with Crippen LogP contribution in [0.3, 0.4) is 0 Å². The van der Waals surface area contributed by atoms with Crippen molar-refractivity contribution < 1.29 is 9.72 Å². The van der Waals surface area contributed by atoms with Crippen LogP contribution in [0.25, 0.3) is 11.6 Å². The third-order valence-electron chi connectivity index (χ3n) is 3.86. The van der Waals surface area contributed by atoms with E-state index in [1.165, 1.54) is 24.3 Å². The first-order valence-electron chi connectivity index (χ1n) is 7.92. The highest BCUT2D eigenvalue weighted by Gasteiger charge is 2.17. The van der Waals surface area contributed by atoms with Crippen molar-refractivity contribution in [2.75, 3.05) is 0 Å². The van der Waals surface area contributed by atoms with Crippen molar-refractivity contribution in [1.82, 2.24) is 15.2 Å². The van der Waals surface area contributed by atoms with E-state index in [0.29, 0.717) is 27.5 Å². The number of ketones is 1. The number of hydrogen-bond donors (Lipinski definition) is 2. The van der Waals surface area contributed by atoms with Crippen molar-refractivity contribution in [2.24, 2.45) is 0 Å². The molecular formula is C18H12Cl2N4O3S. The van der Waals surface area contributed by atoms with Crippen LogP contribution in [0.5, 0.6) is 0 Å². The average molecular weight is 435 g/mol. The van der Waals surface area contributed by atoms with Gasteiger partial charge in [0.15, 0.2) is 11.6 Å². The summed E-state index contributed by atoms with van der Waals surface area (Å²) < 4.78 is 0.199. The van der Waals surface area contributed by atoms with Crippen LogP contribution in [0.15, 0.2) is 42.5 Å². The average Bonchev–Trinajstić information content (AvgIpc) is 3.10. The lowest BCUT2D eigenvalue weighted by molar-refractivity contribution is -0.385. The highest BCUT2D eigenvalue weighted by atomic mass is 35.5. The molecule has 0 spiro atoms. The van der Waals surface area contributed by atoms with Crippen molar-refractivity contribution >= 4 is 58.5 Å². The van der Waals surface area contributed by atoms with Gasteiger partial charge in [-0.3, -0.25) is 25.1 Å². The van der Waals surface area contributed by atoms with Crippen LogP contribution in [-0.4, -0.2) is 25.9 Å². The Morgan fingerprint density at radius 1 is 1.18 bits per heavy atom. The quantitative estimate of drug-likeness (QED) is 0.230. The second-order valence-corrected chi connectivity index (χ2v) is 6.93. The fourth-order valence-corrected chi connectivity index (χ4v) is 2.97. The molecule has 0 fully saturated rings. The van der Waals surface area contributed by atoms with E-state index in [2.05, 4.69) is 15.2 Å². The minimum atomic E-state index is -0.489. The summed E-state index contributed by atoms with van der Waals surface area (Å²) in [6, 6.07) is 10.8. The summed E-state index contributed by atoms with van der Waals surface area (Å²) in [5.74, 6) is 0.0577. The monoisotopic (exact) mass is 434 g/mol. The summed E-state index contributed by atoms with van der Waals surface area (Å²) in [7, 11) is 0. The van der Waals surface area contributed by atoms with E-state index >= 15 is 0 Å². The third kappa shape index (κ3) is 4.53. The van der Waals surface area contributed by atoms with Gasteiger partial charge in [-0.05, 0) is 42.6 Å². The molecule has 3 rings (SSSR count). The first kappa shape index (κ1) is 19.9. The predicted molar refractivity (Wildman–Crippen MR) is 110 cm³/mol. The van der Waals surface area contributed by atoms with Crippen molar-refractivity contribution in [3.05, 3.63) is 84.3 Å². The molecule has 3 aromatic rings. The maximum atomic E-state index is 12.8. The Labute approximate surface area is 174 Å². The van der Waals surface area contributed by atoms with Crippen LogP contribution in [0.1, 0.15) is 28.2 Å². The fourth-order valence-electron chi connectivity index (χ4n) is 2.53. The van der Waals surface area contributed by atoms with Gasteiger partial charge in [0, 0.05) is 23.6 Å². The maximum Gasteiger partial charge on any atom is 0.276 e. The minimum Gasteiger partial charge on any atom is -0.294 e. The van der Waals surface area contributed by atoms with Crippen LogP contribution in [0.4, 0.5) is 5.69 Å². The van der Waals surface area contributed by atoms with Crippen LogP contribution in [-0.2, 0) is 0 Å². The maximum absolute atomic E-state index is 12.8. The summed E-state index contributed by atoms with van der Waals surface area (Å²) in [5, 5.41) is 17.3. The number of halogens is 2. The zero-order valence-corrected chi connectivity index (χ0v) is 16.4. The molecule has 2 aromatic carbocycles. The summed E-state index contributed by atoms with van der Waals surface area (Å²) in [6.45, 7) is 0. The molecule has 0 aliphatic carbocycles. The number of nitro groups is 1. The summed E-state index contributed by atoms with van der Waals surface area (Å²) in [6.07, 6.45) is 1.45. The van der Waals surface area contributed by atoms with Gasteiger partial charge in [-0.2, -0.15) is 4.98 Å². The molecule has 0 aliphatic rings. The van der Waals surface area contributed by atoms with Gasteiger partial charge in [-0.1, -0.05) is 35.3 Å². The zero-order valence-electron chi connectivity index (χ0n) is 14.1. The lowest BCUT2D eigenvalue weighted by atomic mass is 10.00. The Morgan fingerprint density at radius 3 is 2.57 bits per heavy atom. The Balaban J connectivity index is 2.03. The molecule has 0 saturated carbocycles. The molecular weight excluding hydrogens is 423 g/mol. The molecule has 142 valence electrons. The van der Waals surface area contributed by atoms with E-state index in [1.54, 1.807) is 24.3 Å². The molecule has 10 heteroatoms. The smallest absolute Gasteiger partial charge is 0.276 e. The molecule has 0 saturated heterocycles. The molecule has 0 atom stereocenters. The molecule has 1 heterocycles. The number of allylic oxidation sites excluding steroid dienone is 1. The summed E-state index contributed by atoms with van der Waals surface area (Å²) in [5.41, 5.74) is 1.04. The number of nitro benzene ring substituents is 1. The molecule has 2 N–H and O–H groups in total. The number of aromatic nitrogens is 3. The fraction of sp³-hybridized carbons (Fsp3) is 0.0556. The van der Waals surface area contributed by atoms with Crippen LogP contribution in [0, 0.1) is 14.9 Å². The Morgan fingerprint density at radius 2 is 1.93 bits per heavy atom. The summed E-state index contributed by atoms with van der Waals surface area (Å²) in [4.78, 5) is 27.7. The van der Waals surface area contributed by atoms with Gasteiger partial charge in [0.05, 0.1) is 20.5 Å². The van der Waals surface area contributed by atoms with Gasteiger partial charge < -0.3 is 0 Å². The Kier molecular flexibility index (Phi) is 6.03. The molecule has 0 amide bonds. The molecule has 0 aliphatic heterocycles. The lowest BCUT2D eigenvalue weighted by Crippen LogP contribution is -2.02. The number of Topliss-reactive ketones (excluding diaryl/α,β-unsaturated/α-hetero) is 1. The molecule has 28 heavy (non-hydrogen) atoms. The topological polar surface area (TPSA) is 105 Å². The van der Waals surface area contributed by atoms with E-state index in [0.717, 1.165) is 0 Å². The van der Waals surface area contributed by atoms with Gasteiger partial charge in [0.2, 0.25) is 4.77 Å². The van der Waals surface area contributed by atoms with E-state index in [1.807, 2.05) is 0 Å².